The Bertz CT molecular complexity index is 222. The molecular formula is C9H16ClF3N2. The van der Waals surface area contributed by atoms with E-state index in [0.717, 1.165) is 12.8 Å². The van der Waals surface area contributed by atoms with Crippen molar-refractivity contribution in [2.75, 3.05) is 19.6 Å². The van der Waals surface area contributed by atoms with Crippen LogP contribution in [0.5, 0.6) is 0 Å². The van der Waals surface area contributed by atoms with Gasteiger partial charge >= 0.3 is 6.18 Å². The lowest BCUT2D eigenvalue weighted by molar-refractivity contribution is -0.144. The van der Waals surface area contributed by atoms with Crippen molar-refractivity contribution in [2.24, 2.45) is 17.6 Å². The molecule has 2 rings (SSSR count). The summed E-state index contributed by atoms with van der Waals surface area (Å²) in [6, 6.07) is 0.123. The summed E-state index contributed by atoms with van der Waals surface area (Å²) >= 11 is 0. The second kappa shape index (κ2) is 4.47. The third-order valence-electron chi connectivity index (χ3n) is 3.39. The minimum atomic E-state index is -4.07. The number of halogens is 4. The number of fused-ring (bicyclic) bond motifs is 1. The highest BCUT2D eigenvalue weighted by molar-refractivity contribution is 5.85. The first-order valence-corrected chi connectivity index (χ1v) is 5.00. The lowest BCUT2D eigenvalue weighted by Gasteiger charge is -2.19. The molecule has 3 unspecified atom stereocenters. The molecule has 0 aromatic rings. The predicted molar refractivity (Wildman–Crippen MR) is 53.9 cm³/mol. The molecule has 1 heterocycles. The van der Waals surface area contributed by atoms with E-state index in [1.165, 1.54) is 4.90 Å². The molecular weight excluding hydrogens is 229 g/mol. The molecule has 1 aliphatic carbocycles. The Morgan fingerprint density at radius 2 is 1.87 bits per heavy atom. The molecule has 15 heavy (non-hydrogen) atoms. The number of rotatable bonds is 1. The maximum absolute atomic E-state index is 12.1. The lowest BCUT2D eigenvalue weighted by atomic mass is 9.98. The molecule has 2 nitrogen and oxygen atoms in total. The summed E-state index contributed by atoms with van der Waals surface area (Å²) in [5.41, 5.74) is 5.84. The normalized spacial score (nSPS) is 36.4. The van der Waals surface area contributed by atoms with Gasteiger partial charge in [-0.3, -0.25) is 4.90 Å². The summed E-state index contributed by atoms with van der Waals surface area (Å²) in [6.07, 6.45) is -2.09. The molecule has 1 saturated heterocycles. The van der Waals surface area contributed by atoms with Crippen LogP contribution in [0, 0.1) is 11.8 Å². The fourth-order valence-electron chi connectivity index (χ4n) is 2.78. The van der Waals surface area contributed by atoms with Crippen LogP contribution >= 0.6 is 12.4 Å². The molecule has 0 bridgehead atoms. The van der Waals surface area contributed by atoms with Crippen molar-refractivity contribution in [3.63, 3.8) is 0 Å². The largest absolute Gasteiger partial charge is 0.401 e. The number of nitrogens with two attached hydrogens (primary N) is 1. The Kier molecular flexibility index (Phi) is 3.90. The molecule has 0 spiro atoms. The predicted octanol–water partition coefficient (Wildman–Crippen LogP) is 1.64. The molecule has 6 heteroatoms. The van der Waals surface area contributed by atoms with Crippen molar-refractivity contribution in [3.05, 3.63) is 0 Å². The average Bonchev–Trinajstić information content (AvgIpc) is 2.51. The van der Waals surface area contributed by atoms with Crippen LogP contribution in [0.3, 0.4) is 0 Å². The van der Waals surface area contributed by atoms with Crippen LogP contribution in [-0.2, 0) is 0 Å². The standard InChI is InChI=1S/C9H15F3N2.ClH/c10-9(11,12)5-14-3-6-1-2-8(13)7(6)4-14;/h6-8H,1-5,13H2;1H. The molecule has 0 amide bonds. The van der Waals surface area contributed by atoms with Crippen molar-refractivity contribution in [1.82, 2.24) is 4.90 Å². The maximum Gasteiger partial charge on any atom is 0.401 e. The second-order valence-electron chi connectivity index (χ2n) is 4.47. The smallest absolute Gasteiger partial charge is 0.327 e. The van der Waals surface area contributed by atoms with E-state index in [1.54, 1.807) is 0 Å². The van der Waals surface area contributed by atoms with Crippen molar-refractivity contribution < 1.29 is 13.2 Å². The van der Waals surface area contributed by atoms with Crippen molar-refractivity contribution in [3.8, 4) is 0 Å². The number of alkyl halides is 3. The zero-order chi connectivity index (χ0) is 10.3. The second-order valence-corrected chi connectivity index (χ2v) is 4.47. The van der Waals surface area contributed by atoms with Gasteiger partial charge in [0.15, 0.2) is 0 Å². The summed E-state index contributed by atoms with van der Waals surface area (Å²) in [5.74, 6) is 0.713. The minimum Gasteiger partial charge on any atom is -0.327 e. The highest BCUT2D eigenvalue weighted by Gasteiger charge is 2.43. The van der Waals surface area contributed by atoms with Gasteiger partial charge in [0.1, 0.15) is 0 Å². The Balaban J connectivity index is 0.00000112. The zero-order valence-electron chi connectivity index (χ0n) is 8.33. The molecule has 0 aromatic carbocycles. The zero-order valence-corrected chi connectivity index (χ0v) is 9.15. The summed E-state index contributed by atoms with van der Waals surface area (Å²) in [7, 11) is 0. The number of nitrogens with zero attached hydrogens (tertiary/aromatic N) is 1. The first-order valence-electron chi connectivity index (χ1n) is 5.00. The fraction of sp³-hybridized carbons (Fsp3) is 1.00. The highest BCUT2D eigenvalue weighted by Crippen LogP contribution is 2.37. The highest BCUT2D eigenvalue weighted by atomic mass is 35.5. The van der Waals surface area contributed by atoms with Gasteiger partial charge < -0.3 is 5.73 Å². The van der Waals surface area contributed by atoms with Crippen LogP contribution in [0.15, 0.2) is 0 Å². The van der Waals surface area contributed by atoms with E-state index in [4.69, 9.17) is 5.73 Å². The van der Waals surface area contributed by atoms with E-state index < -0.39 is 12.7 Å². The van der Waals surface area contributed by atoms with E-state index in [2.05, 4.69) is 0 Å². The van der Waals surface area contributed by atoms with Gasteiger partial charge in [-0.25, -0.2) is 0 Å². The Morgan fingerprint density at radius 3 is 2.40 bits per heavy atom. The van der Waals surface area contributed by atoms with Crippen LogP contribution in [0.4, 0.5) is 13.2 Å². The number of hydrogen-bond donors (Lipinski definition) is 1. The van der Waals surface area contributed by atoms with Gasteiger partial charge in [-0.1, -0.05) is 0 Å². The van der Waals surface area contributed by atoms with Gasteiger partial charge in [0.25, 0.3) is 0 Å². The number of hydrogen-bond acceptors (Lipinski definition) is 2. The van der Waals surface area contributed by atoms with E-state index in [9.17, 15) is 13.2 Å². The molecule has 2 aliphatic rings. The Hall–Kier alpha value is -0.0000000000000000555. The van der Waals surface area contributed by atoms with Crippen LogP contribution < -0.4 is 5.73 Å². The van der Waals surface area contributed by atoms with E-state index in [0.29, 0.717) is 24.9 Å². The van der Waals surface area contributed by atoms with Crippen molar-refractivity contribution in [1.29, 1.82) is 0 Å². The van der Waals surface area contributed by atoms with Gasteiger partial charge in [-0.05, 0) is 24.7 Å². The summed E-state index contributed by atoms with van der Waals surface area (Å²) in [4.78, 5) is 1.49. The molecule has 2 N–H and O–H groups in total. The van der Waals surface area contributed by atoms with Gasteiger partial charge in [0, 0.05) is 19.1 Å². The van der Waals surface area contributed by atoms with Gasteiger partial charge in [-0.15, -0.1) is 12.4 Å². The minimum absolute atomic E-state index is 0. The lowest BCUT2D eigenvalue weighted by Crippen LogP contribution is -2.35. The van der Waals surface area contributed by atoms with E-state index in [-0.39, 0.29) is 18.4 Å². The van der Waals surface area contributed by atoms with Crippen molar-refractivity contribution in [2.45, 2.75) is 25.1 Å². The summed E-state index contributed by atoms with van der Waals surface area (Å²) < 4.78 is 36.3. The van der Waals surface area contributed by atoms with Crippen LogP contribution in [0.25, 0.3) is 0 Å². The van der Waals surface area contributed by atoms with Gasteiger partial charge in [0.2, 0.25) is 0 Å². The van der Waals surface area contributed by atoms with Crippen LogP contribution in [-0.4, -0.2) is 36.8 Å². The molecule has 3 atom stereocenters. The molecule has 2 fully saturated rings. The Morgan fingerprint density at radius 1 is 1.20 bits per heavy atom. The molecule has 1 aliphatic heterocycles. The SMILES string of the molecule is Cl.NC1CCC2CN(CC(F)(F)F)CC12. The van der Waals surface area contributed by atoms with Crippen molar-refractivity contribution >= 4 is 12.4 Å². The molecule has 0 aromatic heterocycles. The third-order valence-corrected chi connectivity index (χ3v) is 3.39. The quantitative estimate of drug-likeness (QED) is 0.760. The average molecular weight is 245 g/mol. The van der Waals surface area contributed by atoms with Gasteiger partial charge in [-0.2, -0.15) is 13.2 Å². The van der Waals surface area contributed by atoms with Crippen LogP contribution in [0.2, 0.25) is 0 Å². The van der Waals surface area contributed by atoms with Crippen LogP contribution in [0.1, 0.15) is 12.8 Å². The fourth-order valence-corrected chi connectivity index (χ4v) is 2.78. The first-order chi connectivity index (χ1) is 6.46. The summed E-state index contributed by atoms with van der Waals surface area (Å²) in [6.45, 7) is 0.343. The molecule has 0 radical (unpaired) electrons. The third kappa shape index (κ3) is 2.98. The Labute approximate surface area is 93.4 Å². The first kappa shape index (κ1) is 13.1. The topological polar surface area (TPSA) is 29.3 Å². The monoisotopic (exact) mass is 244 g/mol. The number of likely N-dealkylation sites (tertiary alicyclic amines) is 1. The molecule has 1 saturated carbocycles. The van der Waals surface area contributed by atoms with E-state index in [1.807, 2.05) is 0 Å². The van der Waals surface area contributed by atoms with E-state index >= 15 is 0 Å². The summed E-state index contributed by atoms with van der Waals surface area (Å²) in [5, 5.41) is 0. The van der Waals surface area contributed by atoms with Gasteiger partial charge in [0.05, 0.1) is 6.54 Å². The maximum atomic E-state index is 12.1. The molecule has 90 valence electrons.